The molecule has 0 radical (unpaired) electrons. The van der Waals surface area contributed by atoms with Crippen LogP contribution in [0.3, 0.4) is 0 Å². The molecule has 3 rings (SSSR count). The molecule has 0 aliphatic carbocycles. The van der Waals surface area contributed by atoms with Gasteiger partial charge in [0.2, 0.25) is 0 Å². The van der Waals surface area contributed by atoms with Gasteiger partial charge in [-0.25, -0.2) is 4.98 Å². The molecule has 0 N–H and O–H groups in total. The van der Waals surface area contributed by atoms with Gasteiger partial charge in [-0.3, -0.25) is 0 Å². The maximum absolute atomic E-state index is 13.6. The molecule has 0 spiro atoms. The quantitative estimate of drug-likeness (QED) is 0.770. The minimum absolute atomic E-state index is 0.367. The van der Waals surface area contributed by atoms with E-state index in [2.05, 4.69) is 4.98 Å². The highest BCUT2D eigenvalue weighted by molar-refractivity contribution is 6.61. The summed E-state index contributed by atoms with van der Waals surface area (Å²) in [6, 6.07) is -5.00. The zero-order valence-electron chi connectivity index (χ0n) is 21.9. The number of hydrogen-bond acceptors (Lipinski definition) is 3. The Kier molecular flexibility index (Phi) is 2.33. The predicted molar refractivity (Wildman–Crippen MR) is 89.0 cm³/mol. The summed E-state index contributed by atoms with van der Waals surface area (Å²) in [4.78, 5) is 3.90. The fourth-order valence-corrected chi connectivity index (χ4v) is 2.17. The van der Waals surface area contributed by atoms with Crippen molar-refractivity contribution >= 4 is 12.7 Å². The molecule has 0 bridgehead atoms. The van der Waals surface area contributed by atoms with E-state index in [-0.39, 0.29) is 5.59 Å². The molecular formula is C17H20BF3N2O2. The Labute approximate surface area is 156 Å². The van der Waals surface area contributed by atoms with E-state index in [4.69, 9.17) is 20.3 Å². The molecule has 0 unspecified atom stereocenters. The number of alkyl halides is 3. The van der Waals surface area contributed by atoms with Crippen molar-refractivity contribution in [3.05, 3.63) is 41.7 Å². The van der Waals surface area contributed by atoms with Crippen LogP contribution in [0.15, 0.2) is 30.3 Å². The summed E-state index contributed by atoms with van der Waals surface area (Å²) in [5.41, 5.74) is -4.98. The maximum Gasteiger partial charge on any atom is 0.516 e. The zero-order chi connectivity index (χ0) is 25.5. The summed E-state index contributed by atoms with van der Waals surface area (Å²) >= 11 is 0. The Balaban J connectivity index is 2.38. The number of halogens is 3. The summed E-state index contributed by atoms with van der Waals surface area (Å²) in [5, 5.41) is 0. The van der Waals surface area contributed by atoms with Gasteiger partial charge in [-0.1, -0.05) is 6.04 Å². The number of aromatic nitrogens is 2. The first-order valence-corrected chi connectivity index (χ1v) is 7.35. The van der Waals surface area contributed by atoms with Crippen molar-refractivity contribution in [2.24, 2.45) is 0 Å². The average molecular weight is 360 g/mol. The number of benzene rings is 1. The van der Waals surface area contributed by atoms with Gasteiger partial charge in [-0.05, 0) is 52.7 Å². The summed E-state index contributed by atoms with van der Waals surface area (Å²) in [7, 11) is -1.35. The molecule has 8 heteroatoms. The van der Waals surface area contributed by atoms with Crippen LogP contribution in [0.2, 0.25) is 0 Å². The van der Waals surface area contributed by atoms with Gasteiger partial charge in [0.1, 0.15) is 5.82 Å². The molecule has 134 valence electrons. The number of rotatable bonds is 2. The van der Waals surface area contributed by atoms with Crippen LogP contribution < -0.4 is 5.59 Å². The Morgan fingerprint density at radius 1 is 1.20 bits per heavy atom. The third-order valence-electron chi connectivity index (χ3n) is 4.26. The largest absolute Gasteiger partial charge is 0.516 e. The molecule has 2 heterocycles. The van der Waals surface area contributed by atoms with Crippen LogP contribution in [0, 0.1) is 6.85 Å². The first-order valence-electron chi connectivity index (χ1n) is 11.4. The standard InChI is InChI=1S/C17H20BF3N2O2/c1-11-22-14(18-24-15(2,3)16(4,5)25-18)10-23(11)13-8-6-7-12(9-13)17(19,20)21/h6-10H,1-5H3/i1D3,6D,7D,8D,9D,10D. The van der Waals surface area contributed by atoms with Gasteiger partial charge in [-0.2, -0.15) is 13.2 Å². The van der Waals surface area contributed by atoms with Crippen molar-refractivity contribution in [3.63, 3.8) is 0 Å². The first kappa shape index (κ1) is 10.4. The van der Waals surface area contributed by atoms with Crippen LogP contribution in [0.4, 0.5) is 13.2 Å². The fraction of sp³-hybridized carbons (Fsp3) is 0.471. The van der Waals surface area contributed by atoms with Crippen LogP contribution in [-0.4, -0.2) is 27.9 Å². The van der Waals surface area contributed by atoms with E-state index < -0.39 is 78.8 Å². The smallest absolute Gasteiger partial charge is 0.398 e. The van der Waals surface area contributed by atoms with E-state index in [1.165, 1.54) is 0 Å². The highest BCUT2D eigenvalue weighted by atomic mass is 19.4. The number of nitrogens with zero attached hydrogens (tertiary/aromatic N) is 2. The van der Waals surface area contributed by atoms with Crippen LogP contribution >= 0.6 is 0 Å². The SMILES string of the molecule is [2H]c1c([2H])c(-n2c(C([2H])([2H])[2H])nc(B3OC(C)(C)C(C)(C)O3)c2[2H])c([2H])c(C(F)(F)F)c1[2H]. The number of hydrogen-bond donors (Lipinski definition) is 0. The molecule has 1 aromatic carbocycles. The molecule has 1 aliphatic heterocycles. The third kappa shape index (κ3) is 3.20. The predicted octanol–water partition coefficient (Wildman–Crippen LogP) is 3.50. The third-order valence-corrected chi connectivity index (χ3v) is 4.26. The van der Waals surface area contributed by atoms with Gasteiger partial charge < -0.3 is 13.9 Å². The van der Waals surface area contributed by atoms with E-state index in [0.29, 0.717) is 4.57 Å². The summed E-state index contributed by atoms with van der Waals surface area (Å²) in [5.74, 6) is -0.899. The average Bonchev–Trinajstić information content (AvgIpc) is 3.05. The van der Waals surface area contributed by atoms with Gasteiger partial charge >= 0.3 is 13.3 Å². The van der Waals surface area contributed by atoms with Crippen molar-refractivity contribution in [2.45, 2.75) is 51.9 Å². The van der Waals surface area contributed by atoms with Crippen molar-refractivity contribution in [3.8, 4) is 5.69 Å². The molecule has 0 atom stereocenters. The number of aryl methyl sites for hydroxylation is 1. The molecular weight excluding hydrogens is 332 g/mol. The van der Waals surface area contributed by atoms with E-state index in [1.54, 1.807) is 27.7 Å². The lowest BCUT2D eigenvalue weighted by Gasteiger charge is -2.32. The second kappa shape index (κ2) is 5.61. The second-order valence-corrected chi connectivity index (χ2v) is 6.58. The minimum atomic E-state index is -5.23. The van der Waals surface area contributed by atoms with E-state index in [0.717, 1.165) is 0 Å². The molecule has 1 aromatic heterocycles. The highest BCUT2D eigenvalue weighted by Gasteiger charge is 2.52. The lowest BCUT2D eigenvalue weighted by atomic mass is 9.86. The first-order chi connectivity index (χ1) is 14.7. The van der Waals surface area contributed by atoms with Crippen molar-refractivity contribution in [1.29, 1.82) is 0 Å². The van der Waals surface area contributed by atoms with Gasteiger partial charge in [-0.15, -0.1) is 0 Å². The maximum atomic E-state index is 13.6. The van der Waals surface area contributed by atoms with Crippen LogP contribution in [-0.2, 0) is 15.5 Å². The topological polar surface area (TPSA) is 36.3 Å². The summed E-state index contributed by atoms with van der Waals surface area (Å²) in [6.07, 6.45) is -6.00. The van der Waals surface area contributed by atoms with Gasteiger partial charge in [0, 0.05) is 16.0 Å². The monoisotopic (exact) mass is 360 g/mol. The van der Waals surface area contributed by atoms with Gasteiger partial charge in [0.05, 0.1) is 29.2 Å². The van der Waals surface area contributed by atoms with E-state index >= 15 is 0 Å². The molecule has 2 aromatic rings. The van der Waals surface area contributed by atoms with Gasteiger partial charge in [0.25, 0.3) is 0 Å². The Bertz CT molecular complexity index is 1120. The Morgan fingerprint density at radius 3 is 2.40 bits per heavy atom. The molecule has 25 heavy (non-hydrogen) atoms. The zero-order valence-corrected chi connectivity index (χ0v) is 13.9. The van der Waals surface area contributed by atoms with Crippen LogP contribution in [0.25, 0.3) is 5.69 Å². The Morgan fingerprint density at radius 2 is 1.84 bits per heavy atom. The highest BCUT2D eigenvalue weighted by Crippen LogP contribution is 2.36. The second-order valence-electron chi connectivity index (χ2n) is 6.58. The van der Waals surface area contributed by atoms with Gasteiger partial charge in [0.15, 0.2) is 0 Å². The van der Waals surface area contributed by atoms with Crippen LogP contribution in [0.1, 0.15) is 50.0 Å². The van der Waals surface area contributed by atoms with E-state index in [9.17, 15) is 13.2 Å². The normalized spacial score (nSPS) is 24.5. The number of imidazole rings is 1. The molecule has 0 amide bonds. The molecule has 0 saturated carbocycles. The molecule has 1 fully saturated rings. The Hall–Kier alpha value is -1.80. The lowest BCUT2D eigenvalue weighted by molar-refractivity contribution is -0.137. The molecule has 4 nitrogen and oxygen atoms in total. The summed E-state index contributed by atoms with van der Waals surface area (Å²) in [6.45, 7) is 3.69. The van der Waals surface area contributed by atoms with Crippen LogP contribution in [0.5, 0.6) is 0 Å². The minimum Gasteiger partial charge on any atom is -0.398 e. The lowest BCUT2D eigenvalue weighted by Crippen LogP contribution is -2.41. The fourth-order valence-electron chi connectivity index (χ4n) is 2.17. The van der Waals surface area contributed by atoms with Crippen molar-refractivity contribution in [2.75, 3.05) is 0 Å². The molecule has 1 aliphatic rings. The molecule has 1 saturated heterocycles. The summed E-state index contributed by atoms with van der Waals surface area (Å²) < 4.78 is 116. The van der Waals surface area contributed by atoms with Crippen molar-refractivity contribution < 1.29 is 33.4 Å². The van der Waals surface area contributed by atoms with Crippen molar-refractivity contribution in [1.82, 2.24) is 9.55 Å². The van der Waals surface area contributed by atoms with E-state index in [1.807, 2.05) is 0 Å².